The number of hydrogen-bond donors (Lipinski definition) is 1. The van der Waals surface area contributed by atoms with Gasteiger partial charge in [0.1, 0.15) is 0 Å². The zero-order valence-electron chi connectivity index (χ0n) is 10.5. The van der Waals surface area contributed by atoms with Crippen LogP contribution in [-0.4, -0.2) is 14.9 Å². The fourth-order valence-corrected chi connectivity index (χ4v) is 9.79. The average molecular weight is 364 g/mol. The molecule has 98 valence electrons. The maximum Gasteiger partial charge on any atom is -1.00 e. The molecule has 0 aromatic rings. The first-order valence-electron chi connectivity index (χ1n) is 5.85. The van der Waals surface area contributed by atoms with Gasteiger partial charge in [0, 0.05) is 0 Å². The Morgan fingerprint density at radius 2 is 1.61 bits per heavy atom. The van der Waals surface area contributed by atoms with Crippen LogP contribution in [0.15, 0.2) is 43.0 Å². The molecule has 0 bridgehead atoms. The molecule has 0 saturated heterocycles. The van der Waals surface area contributed by atoms with Gasteiger partial charge in [-0.25, -0.2) is 0 Å². The number of allylic oxidation sites excluding steroid dienone is 8. The molecule has 0 atom stereocenters. The first-order chi connectivity index (χ1) is 7.83. The molecular formula is C14H18Cl2OZr. The third-order valence-corrected chi connectivity index (χ3v) is 10.8. The Morgan fingerprint density at radius 3 is 1.94 bits per heavy atom. The van der Waals surface area contributed by atoms with Crippen molar-refractivity contribution < 1.29 is 51.2 Å². The van der Waals surface area contributed by atoms with Crippen LogP contribution in [0.1, 0.15) is 26.2 Å². The second-order valence-corrected chi connectivity index (χ2v) is 11.4. The summed E-state index contributed by atoms with van der Waals surface area (Å²) in [6, 6.07) is 0. The summed E-state index contributed by atoms with van der Waals surface area (Å²) in [5, 5.41) is 9.11. The zero-order chi connectivity index (χ0) is 11.4. The van der Waals surface area contributed by atoms with Gasteiger partial charge in [-0.05, 0) is 0 Å². The monoisotopic (exact) mass is 362 g/mol. The minimum atomic E-state index is -1.74. The van der Waals surface area contributed by atoms with Crippen molar-refractivity contribution in [2.75, 3.05) is 6.61 Å². The summed E-state index contributed by atoms with van der Waals surface area (Å²) in [6.45, 7) is 2.56. The molecule has 0 radical (unpaired) electrons. The zero-order valence-corrected chi connectivity index (χ0v) is 14.5. The van der Waals surface area contributed by atoms with E-state index in [0.717, 1.165) is 19.3 Å². The van der Waals surface area contributed by atoms with Crippen LogP contribution >= 0.6 is 0 Å². The largest absolute Gasteiger partial charge is 1.00 e. The molecule has 0 aliphatic heterocycles. The summed E-state index contributed by atoms with van der Waals surface area (Å²) in [6.07, 6.45) is 16.7. The molecule has 2 aliphatic rings. The first kappa shape index (κ1) is 18.3. The van der Waals surface area contributed by atoms with E-state index in [1.54, 1.807) is 9.77 Å². The fraction of sp³-hybridized carbons (Fsp3) is 0.357. The van der Waals surface area contributed by atoms with Crippen LogP contribution in [0.5, 0.6) is 0 Å². The molecule has 0 aromatic carbocycles. The molecular weight excluding hydrogens is 346 g/mol. The smallest absolute Gasteiger partial charge is 1.00 e. The molecule has 18 heavy (non-hydrogen) atoms. The van der Waals surface area contributed by atoms with Gasteiger partial charge in [0.25, 0.3) is 0 Å². The van der Waals surface area contributed by atoms with Gasteiger partial charge < -0.3 is 24.8 Å². The topological polar surface area (TPSA) is 20.2 Å². The molecule has 0 saturated carbocycles. The molecule has 1 nitrogen and oxygen atoms in total. The Morgan fingerprint density at radius 1 is 1.11 bits per heavy atom. The van der Waals surface area contributed by atoms with Crippen LogP contribution in [-0.2, 0) is 21.3 Å². The van der Waals surface area contributed by atoms with Crippen molar-refractivity contribution in [1.29, 1.82) is 0 Å². The molecule has 0 heterocycles. The fourth-order valence-electron chi connectivity index (χ4n) is 2.31. The Kier molecular flexibility index (Phi) is 9.33. The summed E-state index contributed by atoms with van der Waals surface area (Å²) < 4.78 is 4.92. The third kappa shape index (κ3) is 4.42. The van der Waals surface area contributed by atoms with Crippen molar-refractivity contribution in [3.05, 3.63) is 43.0 Å². The molecule has 0 fully saturated rings. The molecule has 4 heteroatoms. The van der Waals surface area contributed by atoms with Gasteiger partial charge in [0.2, 0.25) is 0 Å². The van der Waals surface area contributed by atoms with Crippen molar-refractivity contribution in [1.82, 2.24) is 0 Å². The number of aliphatic hydroxyl groups excluding tert-OH is 1. The first-order valence-corrected chi connectivity index (χ1v) is 9.54. The van der Waals surface area contributed by atoms with Crippen molar-refractivity contribution in [3.8, 4) is 0 Å². The van der Waals surface area contributed by atoms with Gasteiger partial charge in [0.15, 0.2) is 0 Å². The Balaban J connectivity index is 0.00000144. The Hall–Kier alpha value is 0.253. The maximum atomic E-state index is 9.11. The van der Waals surface area contributed by atoms with Gasteiger partial charge in [-0.1, -0.05) is 0 Å². The predicted molar refractivity (Wildman–Crippen MR) is 66.1 cm³/mol. The maximum absolute atomic E-state index is 9.11. The molecule has 2 rings (SSSR count). The van der Waals surface area contributed by atoms with Crippen LogP contribution in [0.2, 0.25) is 0 Å². The van der Waals surface area contributed by atoms with Gasteiger partial charge in [-0.3, -0.25) is 0 Å². The van der Waals surface area contributed by atoms with E-state index in [-0.39, 0.29) is 24.8 Å². The number of halogens is 2. The third-order valence-electron chi connectivity index (χ3n) is 3.10. The van der Waals surface area contributed by atoms with E-state index >= 15 is 0 Å². The number of rotatable bonds is 4. The summed E-state index contributed by atoms with van der Waals surface area (Å²) in [4.78, 5) is 0. The van der Waals surface area contributed by atoms with Crippen molar-refractivity contribution >= 4 is 3.21 Å². The Bertz CT molecular complexity index is 399. The standard InChI is InChI=1S/2C5H5.C4H8O.2ClH.Zr/c2*1-2-4-5-3-1;1-2-3-4-5;;;/h2*1-3H,4H2;5H,3-4H2,1H3;2*1H;/q;;;;;+2/p-2. The normalized spacial score (nSPS) is 15.2. The van der Waals surface area contributed by atoms with E-state index in [1.807, 2.05) is 0 Å². The number of aliphatic hydroxyl groups is 1. The molecule has 1 N–H and O–H groups in total. The van der Waals surface area contributed by atoms with Crippen LogP contribution in [0.4, 0.5) is 0 Å². The quantitative estimate of drug-likeness (QED) is 0.560. The predicted octanol–water partition coefficient (Wildman–Crippen LogP) is -3.13. The van der Waals surface area contributed by atoms with Crippen molar-refractivity contribution in [2.24, 2.45) is 0 Å². The van der Waals surface area contributed by atoms with Crippen LogP contribution in [0.3, 0.4) is 0 Å². The van der Waals surface area contributed by atoms with E-state index in [4.69, 9.17) is 5.11 Å². The van der Waals surface area contributed by atoms with Crippen LogP contribution in [0.25, 0.3) is 0 Å². The summed E-state index contributed by atoms with van der Waals surface area (Å²) in [5.41, 5.74) is 0. The van der Waals surface area contributed by atoms with Gasteiger partial charge in [-0.15, -0.1) is 0 Å². The van der Waals surface area contributed by atoms with E-state index in [1.165, 1.54) is 0 Å². The van der Waals surface area contributed by atoms with Crippen molar-refractivity contribution in [3.63, 3.8) is 0 Å². The Labute approximate surface area is 129 Å². The van der Waals surface area contributed by atoms with Gasteiger partial charge in [0.05, 0.1) is 0 Å². The van der Waals surface area contributed by atoms with E-state index in [0.29, 0.717) is 6.61 Å². The number of hydrogen-bond acceptors (Lipinski definition) is 1. The van der Waals surface area contributed by atoms with Gasteiger partial charge >= 0.3 is 105 Å². The second kappa shape index (κ2) is 9.20. The average Bonchev–Trinajstić information content (AvgIpc) is 2.91. The minimum Gasteiger partial charge on any atom is -1.00 e. The summed E-state index contributed by atoms with van der Waals surface area (Å²) in [7, 11) is 0. The van der Waals surface area contributed by atoms with E-state index in [2.05, 4.69) is 43.4 Å². The molecule has 0 aromatic heterocycles. The van der Waals surface area contributed by atoms with E-state index in [9.17, 15) is 0 Å². The minimum absolute atomic E-state index is 0. The SMILES string of the molecule is C[C](CCO)=[Zr+2]([C]1=CC=CC1)[C]1=CC=CC1.[Cl-].[Cl-]. The molecule has 2 aliphatic carbocycles. The van der Waals surface area contributed by atoms with Crippen LogP contribution < -0.4 is 24.8 Å². The molecule has 0 amide bonds. The summed E-state index contributed by atoms with van der Waals surface area (Å²) in [5.74, 6) is 0. The van der Waals surface area contributed by atoms with Gasteiger partial charge in [-0.2, -0.15) is 0 Å². The van der Waals surface area contributed by atoms with Crippen molar-refractivity contribution in [2.45, 2.75) is 26.2 Å². The molecule has 0 unspecified atom stereocenters. The summed E-state index contributed by atoms with van der Waals surface area (Å²) >= 11 is -1.74. The molecule has 0 spiro atoms. The second-order valence-electron chi connectivity index (χ2n) is 4.28. The van der Waals surface area contributed by atoms with Crippen LogP contribution in [0, 0.1) is 0 Å². The van der Waals surface area contributed by atoms with E-state index < -0.39 is 21.3 Å².